The van der Waals surface area contributed by atoms with Crippen molar-refractivity contribution < 1.29 is 13.5 Å². The molecule has 1 aromatic rings. The lowest BCUT2D eigenvalue weighted by Gasteiger charge is -2.31. The predicted molar refractivity (Wildman–Crippen MR) is 64.6 cm³/mol. The maximum absolute atomic E-state index is 13.2. The summed E-state index contributed by atoms with van der Waals surface area (Å²) in [5, 5.41) is 2.91. The third-order valence-corrected chi connectivity index (χ3v) is 2.85. The van der Waals surface area contributed by atoms with Crippen molar-refractivity contribution in [1.82, 2.24) is 5.32 Å². The molecule has 0 fully saturated rings. The van der Waals surface area contributed by atoms with Crippen LogP contribution < -0.4 is 10.1 Å². The van der Waals surface area contributed by atoms with E-state index in [9.17, 15) is 8.78 Å². The minimum Gasteiger partial charge on any atom is -0.497 e. The summed E-state index contributed by atoms with van der Waals surface area (Å²) in [5.74, 6) is 0.590. The molecule has 0 amide bonds. The molecule has 17 heavy (non-hydrogen) atoms. The van der Waals surface area contributed by atoms with Crippen LogP contribution in [0.1, 0.15) is 25.8 Å². The highest BCUT2D eigenvalue weighted by Crippen LogP contribution is 2.30. The van der Waals surface area contributed by atoms with Crippen LogP contribution in [0.5, 0.6) is 5.75 Å². The van der Waals surface area contributed by atoms with Crippen molar-refractivity contribution in [3.63, 3.8) is 0 Å². The zero-order chi connectivity index (χ0) is 12.9. The van der Waals surface area contributed by atoms with E-state index in [2.05, 4.69) is 5.32 Å². The van der Waals surface area contributed by atoms with E-state index >= 15 is 0 Å². The van der Waals surface area contributed by atoms with Crippen LogP contribution in [0, 0.1) is 0 Å². The number of halogens is 2. The van der Waals surface area contributed by atoms with Crippen LogP contribution in [0.25, 0.3) is 0 Å². The zero-order valence-electron chi connectivity index (χ0n) is 10.5. The number of benzene rings is 1. The molecule has 0 saturated heterocycles. The van der Waals surface area contributed by atoms with Crippen LogP contribution in [0.4, 0.5) is 8.78 Å². The SMILES string of the molecule is CCCNC(C)(c1cccc(OC)c1)C(F)F. The number of alkyl halides is 2. The van der Waals surface area contributed by atoms with Gasteiger partial charge in [-0.2, -0.15) is 0 Å². The molecular weight excluding hydrogens is 224 g/mol. The smallest absolute Gasteiger partial charge is 0.260 e. The lowest BCUT2D eigenvalue weighted by Crippen LogP contribution is -2.46. The van der Waals surface area contributed by atoms with Gasteiger partial charge in [-0.3, -0.25) is 0 Å². The van der Waals surface area contributed by atoms with Gasteiger partial charge in [0.2, 0.25) is 0 Å². The summed E-state index contributed by atoms with van der Waals surface area (Å²) in [7, 11) is 1.53. The van der Waals surface area contributed by atoms with Crippen LogP contribution in [-0.4, -0.2) is 20.1 Å². The first-order valence-corrected chi connectivity index (χ1v) is 5.72. The molecule has 0 spiro atoms. The molecule has 0 radical (unpaired) electrons. The van der Waals surface area contributed by atoms with E-state index in [4.69, 9.17) is 4.74 Å². The molecule has 2 nitrogen and oxygen atoms in total. The fraction of sp³-hybridized carbons (Fsp3) is 0.538. The standard InChI is InChI=1S/C13H19F2NO/c1-4-8-16-13(2,12(14)15)10-6-5-7-11(9-10)17-3/h5-7,9,12,16H,4,8H2,1-3H3. The molecule has 0 aliphatic carbocycles. The highest BCUT2D eigenvalue weighted by Gasteiger charge is 2.36. The second-order valence-corrected chi connectivity index (χ2v) is 4.16. The minimum absolute atomic E-state index is 0.542. The van der Waals surface area contributed by atoms with Gasteiger partial charge in [-0.15, -0.1) is 0 Å². The fourth-order valence-corrected chi connectivity index (χ4v) is 1.64. The Kier molecular flexibility index (Phi) is 4.87. The van der Waals surface area contributed by atoms with Crippen molar-refractivity contribution >= 4 is 0 Å². The van der Waals surface area contributed by atoms with Crippen molar-refractivity contribution in [3.05, 3.63) is 29.8 Å². The Morgan fingerprint density at radius 2 is 2.12 bits per heavy atom. The third kappa shape index (κ3) is 3.16. The van der Waals surface area contributed by atoms with Gasteiger partial charge >= 0.3 is 0 Å². The lowest BCUT2D eigenvalue weighted by atomic mass is 9.92. The Morgan fingerprint density at radius 1 is 1.41 bits per heavy atom. The lowest BCUT2D eigenvalue weighted by molar-refractivity contribution is 0.0384. The van der Waals surface area contributed by atoms with E-state index in [-0.39, 0.29) is 0 Å². The number of hydrogen-bond acceptors (Lipinski definition) is 2. The van der Waals surface area contributed by atoms with Gasteiger partial charge in [0.05, 0.1) is 7.11 Å². The van der Waals surface area contributed by atoms with Gasteiger partial charge in [-0.25, -0.2) is 8.78 Å². The van der Waals surface area contributed by atoms with Gasteiger partial charge in [0.15, 0.2) is 0 Å². The maximum Gasteiger partial charge on any atom is 0.260 e. The van der Waals surface area contributed by atoms with Crippen molar-refractivity contribution in [2.45, 2.75) is 32.2 Å². The Hall–Kier alpha value is -1.16. The summed E-state index contributed by atoms with van der Waals surface area (Å²) < 4.78 is 31.5. The average molecular weight is 243 g/mol. The molecule has 0 bridgehead atoms. The fourth-order valence-electron chi connectivity index (χ4n) is 1.64. The summed E-state index contributed by atoms with van der Waals surface area (Å²) in [5.41, 5.74) is -0.787. The van der Waals surface area contributed by atoms with Crippen LogP contribution in [-0.2, 0) is 5.54 Å². The minimum atomic E-state index is -2.47. The average Bonchev–Trinajstić information content (AvgIpc) is 2.35. The topological polar surface area (TPSA) is 21.3 Å². The third-order valence-electron chi connectivity index (χ3n) is 2.85. The summed E-state index contributed by atoms with van der Waals surface area (Å²) >= 11 is 0. The summed E-state index contributed by atoms with van der Waals surface area (Å²) in [6.07, 6.45) is -1.66. The zero-order valence-corrected chi connectivity index (χ0v) is 10.5. The van der Waals surface area contributed by atoms with Crippen molar-refractivity contribution in [3.8, 4) is 5.75 Å². The van der Waals surface area contributed by atoms with Gasteiger partial charge in [-0.1, -0.05) is 19.1 Å². The Balaban J connectivity index is 3.03. The van der Waals surface area contributed by atoms with Crippen LogP contribution in [0.15, 0.2) is 24.3 Å². The molecule has 0 aromatic heterocycles. The molecule has 1 rings (SSSR count). The van der Waals surface area contributed by atoms with E-state index in [1.165, 1.54) is 14.0 Å². The van der Waals surface area contributed by atoms with Gasteiger partial charge in [0, 0.05) is 0 Å². The number of rotatable bonds is 6. The molecule has 1 aromatic carbocycles. The Bertz CT molecular complexity index is 357. The first kappa shape index (κ1) is 13.9. The van der Waals surface area contributed by atoms with Gasteiger partial charge in [0.25, 0.3) is 6.43 Å². The van der Waals surface area contributed by atoms with Crippen LogP contribution >= 0.6 is 0 Å². The molecule has 1 atom stereocenters. The van der Waals surface area contributed by atoms with E-state index < -0.39 is 12.0 Å². The molecule has 0 heterocycles. The van der Waals surface area contributed by atoms with Crippen molar-refractivity contribution in [1.29, 1.82) is 0 Å². The molecule has 0 saturated carbocycles. The highest BCUT2D eigenvalue weighted by atomic mass is 19.3. The van der Waals surface area contributed by atoms with E-state index in [0.29, 0.717) is 17.9 Å². The number of hydrogen-bond donors (Lipinski definition) is 1. The molecular formula is C13H19F2NO. The summed E-state index contributed by atoms with van der Waals surface area (Å²) in [6.45, 7) is 4.02. The Morgan fingerprint density at radius 3 is 2.65 bits per heavy atom. The van der Waals surface area contributed by atoms with Crippen molar-refractivity contribution in [2.24, 2.45) is 0 Å². The van der Waals surface area contributed by atoms with E-state index in [1.54, 1.807) is 24.3 Å². The quantitative estimate of drug-likeness (QED) is 0.828. The van der Waals surface area contributed by atoms with Crippen LogP contribution in [0.2, 0.25) is 0 Å². The molecule has 96 valence electrons. The number of methoxy groups -OCH3 is 1. The molecule has 1 unspecified atom stereocenters. The highest BCUT2D eigenvalue weighted by molar-refractivity contribution is 5.33. The van der Waals surface area contributed by atoms with Crippen LogP contribution in [0.3, 0.4) is 0 Å². The number of nitrogens with one attached hydrogen (secondary N) is 1. The van der Waals surface area contributed by atoms with E-state index in [0.717, 1.165) is 6.42 Å². The first-order chi connectivity index (χ1) is 8.04. The summed E-state index contributed by atoms with van der Waals surface area (Å²) in [4.78, 5) is 0. The molecule has 0 aliphatic rings. The van der Waals surface area contributed by atoms with Gasteiger partial charge in [-0.05, 0) is 37.6 Å². The second-order valence-electron chi connectivity index (χ2n) is 4.16. The van der Waals surface area contributed by atoms with Gasteiger partial charge < -0.3 is 10.1 Å². The van der Waals surface area contributed by atoms with Gasteiger partial charge in [0.1, 0.15) is 11.3 Å². The normalized spacial score (nSPS) is 14.7. The molecule has 0 aliphatic heterocycles. The summed E-state index contributed by atoms with van der Waals surface area (Å²) in [6, 6.07) is 6.81. The Labute approximate surface area is 101 Å². The molecule has 4 heteroatoms. The monoisotopic (exact) mass is 243 g/mol. The maximum atomic E-state index is 13.2. The number of ether oxygens (including phenoxy) is 1. The predicted octanol–water partition coefficient (Wildman–Crippen LogP) is 3.18. The van der Waals surface area contributed by atoms with Crippen molar-refractivity contribution in [2.75, 3.05) is 13.7 Å². The second kappa shape index (κ2) is 5.96. The van der Waals surface area contributed by atoms with E-state index in [1.807, 2.05) is 6.92 Å². The first-order valence-electron chi connectivity index (χ1n) is 5.72. The molecule has 1 N–H and O–H groups in total. The largest absolute Gasteiger partial charge is 0.497 e.